The molecule has 0 aliphatic heterocycles. The molecular weight excluding hydrogens is 238 g/mol. The van der Waals surface area contributed by atoms with E-state index in [4.69, 9.17) is 5.11 Å². The highest BCUT2D eigenvalue weighted by atomic mass is 32.2. The van der Waals surface area contributed by atoms with Crippen LogP contribution in [0.1, 0.15) is 36.7 Å². The van der Waals surface area contributed by atoms with Gasteiger partial charge in [0, 0.05) is 0 Å². The van der Waals surface area contributed by atoms with E-state index in [-0.39, 0.29) is 5.56 Å². The Bertz CT molecular complexity index is 426. The van der Waals surface area contributed by atoms with Crippen LogP contribution >= 0.6 is 0 Å². The summed E-state index contributed by atoms with van der Waals surface area (Å²) in [6.07, 6.45) is 0. The second-order valence-corrected chi connectivity index (χ2v) is 6.75. The third kappa shape index (κ3) is 3.38. The van der Waals surface area contributed by atoms with Gasteiger partial charge in [0.1, 0.15) is 4.75 Å². The summed E-state index contributed by atoms with van der Waals surface area (Å²) in [6, 6.07) is 5.08. The molecule has 0 unspecified atom stereocenters. The lowest BCUT2D eigenvalue weighted by molar-refractivity contribution is 0.0697. The van der Waals surface area contributed by atoms with E-state index >= 15 is 0 Å². The first-order valence-corrected chi connectivity index (χ1v) is 6.40. The standard InChI is InChI=1S/C12H17NO3S/c1-8-6-5-7-9(10(8)11(14)15)13-17(16)12(2,3)4/h5-7,13H,1-4H3,(H,14,15)/t17-/m1/s1. The Morgan fingerprint density at radius 2 is 2.00 bits per heavy atom. The topological polar surface area (TPSA) is 72.4 Å². The predicted octanol–water partition coefficient (Wildman–Crippen LogP) is 2.57. The third-order valence-corrected chi connectivity index (χ3v) is 3.76. The summed E-state index contributed by atoms with van der Waals surface area (Å²) in [5.41, 5.74) is 1.21. The number of anilines is 1. The molecule has 0 spiro atoms. The minimum absolute atomic E-state index is 0.171. The highest BCUT2D eigenvalue weighted by Gasteiger charge is 2.28. The van der Waals surface area contributed by atoms with Crippen molar-refractivity contribution in [2.75, 3.05) is 4.72 Å². The van der Waals surface area contributed by atoms with E-state index in [0.29, 0.717) is 11.3 Å². The van der Waals surface area contributed by atoms with Gasteiger partial charge in [0.25, 0.3) is 0 Å². The fourth-order valence-corrected chi connectivity index (χ4v) is 1.97. The van der Waals surface area contributed by atoms with Gasteiger partial charge < -0.3 is 9.66 Å². The zero-order valence-corrected chi connectivity index (χ0v) is 11.2. The number of aryl methyl sites for hydroxylation is 1. The zero-order valence-electron chi connectivity index (χ0n) is 10.4. The highest BCUT2D eigenvalue weighted by Crippen LogP contribution is 2.24. The summed E-state index contributed by atoms with van der Waals surface area (Å²) in [6.45, 7) is 7.19. The monoisotopic (exact) mass is 255 g/mol. The van der Waals surface area contributed by atoms with Gasteiger partial charge in [-0.05, 0) is 39.3 Å². The first-order valence-electron chi connectivity index (χ1n) is 5.25. The summed E-state index contributed by atoms with van der Waals surface area (Å²) >= 11 is -1.34. The van der Waals surface area contributed by atoms with E-state index in [1.54, 1.807) is 25.1 Å². The zero-order chi connectivity index (χ0) is 13.2. The lowest BCUT2D eigenvalue weighted by Crippen LogP contribution is -2.34. The molecular formula is C12H17NO3S. The molecule has 1 atom stereocenters. The Hall–Kier alpha value is -1.20. The van der Waals surface area contributed by atoms with Crippen molar-refractivity contribution in [3.63, 3.8) is 0 Å². The number of hydrogen-bond donors (Lipinski definition) is 2. The number of carboxylic acids is 1. The predicted molar refractivity (Wildman–Crippen MR) is 69.7 cm³/mol. The smallest absolute Gasteiger partial charge is 0.338 e. The Morgan fingerprint density at radius 3 is 2.47 bits per heavy atom. The average Bonchev–Trinajstić information content (AvgIpc) is 2.15. The average molecular weight is 255 g/mol. The fraction of sp³-hybridized carbons (Fsp3) is 0.417. The number of carbonyl (C=O) groups is 1. The first-order chi connectivity index (χ1) is 7.73. The Balaban J connectivity index is 3.07. The molecule has 0 aromatic heterocycles. The van der Waals surface area contributed by atoms with E-state index < -0.39 is 22.1 Å². The number of carboxylic acid groups (broad SMARTS) is 1. The van der Waals surface area contributed by atoms with Gasteiger partial charge in [-0.25, -0.2) is 9.52 Å². The quantitative estimate of drug-likeness (QED) is 0.814. The maximum atomic E-state index is 11.9. The number of rotatable bonds is 3. The SMILES string of the molecule is Cc1cccc(N[S@+]([O-])C(C)(C)C)c1C(=O)O. The van der Waals surface area contributed by atoms with E-state index in [9.17, 15) is 9.35 Å². The van der Waals surface area contributed by atoms with E-state index in [0.717, 1.165) is 0 Å². The maximum absolute atomic E-state index is 11.9. The van der Waals surface area contributed by atoms with Crippen LogP contribution in [0, 0.1) is 6.92 Å². The molecule has 4 nitrogen and oxygen atoms in total. The largest absolute Gasteiger partial charge is 0.593 e. The summed E-state index contributed by atoms with van der Waals surface area (Å²) in [5.74, 6) is -1.02. The van der Waals surface area contributed by atoms with Gasteiger partial charge in [-0.2, -0.15) is 0 Å². The summed E-state index contributed by atoms with van der Waals surface area (Å²) < 4.78 is 14.2. The van der Waals surface area contributed by atoms with Gasteiger partial charge in [0.2, 0.25) is 0 Å². The molecule has 1 rings (SSSR count). The molecule has 0 fully saturated rings. The van der Waals surface area contributed by atoms with Gasteiger partial charge >= 0.3 is 5.97 Å². The van der Waals surface area contributed by atoms with Crippen molar-refractivity contribution in [3.05, 3.63) is 29.3 Å². The number of benzene rings is 1. The first kappa shape index (κ1) is 13.9. The van der Waals surface area contributed by atoms with Gasteiger partial charge in [-0.1, -0.05) is 12.1 Å². The fourth-order valence-electron chi connectivity index (χ4n) is 1.29. The molecule has 5 heteroatoms. The van der Waals surface area contributed by atoms with Crippen LogP contribution in [0.2, 0.25) is 0 Å². The van der Waals surface area contributed by atoms with Crippen molar-refractivity contribution in [1.29, 1.82) is 0 Å². The van der Waals surface area contributed by atoms with Crippen molar-refractivity contribution in [1.82, 2.24) is 0 Å². The number of hydrogen-bond acceptors (Lipinski definition) is 3. The molecule has 1 aromatic rings. The summed E-state index contributed by atoms with van der Waals surface area (Å²) in [5, 5.41) is 9.12. The van der Waals surface area contributed by atoms with Gasteiger partial charge in [0.15, 0.2) is 0 Å². The van der Waals surface area contributed by atoms with Crippen LogP contribution in [-0.2, 0) is 11.4 Å². The van der Waals surface area contributed by atoms with Crippen molar-refractivity contribution in [3.8, 4) is 0 Å². The Labute approximate surface area is 104 Å². The van der Waals surface area contributed by atoms with Crippen LogP contribution in [0.5, 0.6) is 0 Å². The second kappa shape index (κ2) is 4.98. The molecule has 0 heterocycles. The Kier molecular flexibility index (Phi) is 4.06. The molecule has 0 aliphatic carbocycles. The van der Waals surface area contributed by atoms with Crippen molar-refractivity contribution < 1.29 is 14.5 Å². The van der Waals surface area contributed by atoms with Gasteiger partial charge in [-0.3, -0.25) is 0 Å². The normalized spacial score (nSPS) is 13.2. The molecule has 0 amide bonds. The molecule has 0 aliphatic rings. The maximum Gasteiger partial charge on any atom is 0.338 e. The molecule has 17 heavy (non-hydrogen) atoms. The lowest BCUT2D eigenvalue weighted by Gasteiger charge is -2.24. The second-order valence-electron chi connectivity index (χ2n) is 4.79. The van der Waals surface area contributed by atoms with Crippen molar-refractivity contribution in [2.24, 2.45) is 0 Å². The molecule has 2 N–H and O–H groups in total. The van der Waals surface area contributed by atoms with Crippen LogP contribution < -0.4 is 4.72 Å². The van der Waals surface area contributed by atoms with E-state index in [1.165, 1.54) is 0 Å². The van der Waals surface area contributed by atoms with Crippen LogP contribution in [0.25, 0.3) is 0 Å². The minimum atomic E-state index is -1.34. The van der Waals surface area contributed by atoms with E-state index in [2.05, 4.69) is 4.72 Å². The van der Waals surface area contributed by atoms with Gasteiger partial charge in [0.05, 0.1) is 22.6 Å². The van der Waals surface area contributed by atoms with Crippen LogP contribution in [0.15, 0.2) is 18.2 Å². The molecule has 0 radical (unpaired) electrons. The number of aromatic carboxylic acids is 1. The van der Waals surface area contributed by atoms with Gasteiger partial charge in [-0.15, -0.1) is 0 Å². The summed E-state index contributed by atoms with van der Waals surface area (Å²) in [7, 11) is 0. The van der Waals surface area contributed by atoms with Crippen molar-refractivity contribution in [2.45, 2.75) is 32.4 Å². The summed E-state index contributed by atoms with van der Waals surface area (Å²) in [4.78, 5) is 11.1. The van der Waals surface area contributed by atoms with Crippen LogP contribution in [0.4, 0.5) is 5.69 Å². The van der Waals surface area contributed by atoms with Crippen molar-refractivity contribution >= 4 is 23.0 Å². The highest BCUT2D eigenvalue weighted by molar-refractivity contribution is 7.94. The molecule has 0 saturated carbocycles. The molecule has 0 bridgehead atoms. The molecule has 1 aromatic carbocycles. The molecule has 0 saturated heterocycles. The Morgan fingerprint density at radius 1 is 1.41 bits per heavy atom. The third-order valence-electron chi connectivity index (χ3n) is 2.25. The lowest BCUT2D eigenvalue weighted by atomic mass is 10.1. The molecule has 94 valence electrons. The number of nitrogens with one attached hydrogen (secondary N) is 1. The van der Waals surface area contributed by atoms with Crippen LogP contribution in [-0.4, -0.2) is 20.4 Å². The van der Waals surface area contributed by atoms with E-state index in [1.807, 2.05) is 20.8 Å². The van der Waals surface area contributed by atoms with Crippen LogP contribution in [0.3, 0.4) is 0 Å². The minimum Gasteiger partial charge on any atom is -0.593 e.